The highest BCUT2D eigenvalue weighted by atomic mass is 19.4. The van der Waals surface area contributed by atoms with E-state index in [0.29, 0.717) is 6.20 Å². The number of rotatable bonds is 7. The van der Waals surface area contributed by atoms with Gasteiger partial charge in [-0.25, -0.2) is 0 Å². The van der Waals surface area contributed by atoms with E-state index in [-0.39, 0.29) is 6.42 Å². The van der Waals surface area contributed by atoms with E-state index in [1.165, 1.54) is 5.10 Å². The van der Waals surface area contributed by atoms with Gasteiger partial charge in [0.15, 0.2) is 0 Å². The predicted octanol–water partition coefficient (Wildman–Crippen LogP) is 3.89. The van der Waals surface area contributed by atoms with E-state index in [4.69, 9.17) is 5.11 Å². The summed E-state index contributed by atoms with van der Waals surface area (Å²) in [5.41, 5.74) is -2.91. The van der Waals surface area contributed by atoms with E-state index in [1.807, 2.05) is 0 Å². The maximum Gasteiger partial charge on any atom is 0.460 e. The molecule has 0 amide bonds. The molecule has 0 aliphatic carbocycles. The molecule has 1 heterocycles. The minimum atomic E-state index is -7.47. The highest BCUT2D eigenvalue weighted by Crippen LogP contribution is 2.59. The number of hydrogen-bond acceptors (Lipinski definition) is 2. The lowest BCUT2D eigenvalue weighted by Gasteiger charge is -2.37. The van der Waals surface area contributed by atoms with Crippen LogP contribution >= 0.6 is 0 Å². The summed E-state index contributed by atoms with van der Waals surface area (Å²) in [5, 5.41) is 12.6. The van der Waals surface area contributed by atoms with Gasteiger partial charge in [-0.2, -0.15) is 53.4 Å². The second-order valence-electron chi connectivity index (χ2n) is 4.89. The average molecular weight is 394 g/mol. The summed E-state index contributed by atoms with van der Waals surface area (Å²) in [6.07, 6.45) is -7.66. The SMILES string of the molecule is OCCCc1cn[nH]c1C(F)(F)C(F)(F)C(F)(F)C(F)(F)C(F)(F)F. The number of aliphatic hydroxyl groups excluding tert-OH is 1. The number of aryl methyl sites for hydroxylation is 1. The lowest BCUT2D eigenvalue weighted by molar-refractivity contribution is -0.425. The predicted molar refractivity (Wildman–Crippen MR) is 58.8 cm³/mol. The Bertz CT molecular complexity index is 593. The third-order valence-electron chi connectivity index (χ3n) is 3.18. The first-order valence-electron chi connectivity index (χ1n) is 6.27. The molecule has 0 aliphatic rings. The van der Waals surface area contributed by atoms with Gasteiger partial charge in [-0.3, -0.25) is 5.10 Å². The Morgan fingerprint density at radius 1 is 0.840 bits per heavy atom. The molecule has 1 aromatic heterocycles. The first-order valence-corrected chi connectivity index (χ1v) is 6.27. The molecule has 1 rings (SSSR count). The van der Waals surface area contributed by atoms with Crippen LogP contribution in [-0.4, -0.2) is 45.9 Å². The standard InChI is InChI=1S/C11H9F11N2O/c12-7(13,6-5(2-1-3-25)4-23-24-6)8(14,15)9(16,17)10(18,19)11(20,21)22/h4,25H,1-3H2,(H,23,24). The Labute approximate surface area is 131 Å². The largest absolute Gasteiger partial charge is 0.460 e. The fraction of sp³-hybridized carbons (Fsp3) is 0.727. The molecule has 0 saturated carbocycles. The van der Waals surface area contributed by atoms with Gasteiger partial charge in [0.25, 0.3) is 0 Å². The Morgan fingerprint density at radius 3 is 1.80 bits per heavy atom. The van der Waals surface area contributed by atoms with Crippen LogP contribution in [0, 0.1) is 0 Å². The van der Waals surface area contributed by atoms with Crippen LogP contribution in [0.25, 0.3) is 0 Å². The van der Waals surface area contributed by atoms with E-state index in [1.54, 1.807) is 0 Å². The van der Waals surface area contributed by atoms with Gasteiger partial charge in [0.05, 0.1) is 6.20 Å². The highest BCUT2D eigenvalue weighted by Gasteiger charge is 2.87. The van der Waals surface area contributed by atoms with Crippen molar-refractivity contribution in [2.24, 2.45) is 0 Å². The lowest BCUT2D eigenvalue weighted by Crippen LogP contribution is -2.65. The molecule has 0 aliphatic heterocycles. The maximum absolute atomic E-state index is 13.8. The first kappa shape index (κ1) is 21.4. The molecule has 0 bridgehead atoms. The van der Waals surface area contributed by atoms with Crippen molar-refractivity contribution in [1.82, 2.24) is 10.2 Å². The first-order chi connectivity index (χ1) is 11.1. The zero-order valence-corrected chi connectivity index (χ0v) is 11.8. The van der Waals surface area contributed by atoms with Crippen LogP contribution in [-0.2, 0) is 12.3 Å². The Hall–Kier alpha value is -1.60. The van der Waals surface area contributed by atoms with Gasteiger partial charge < -0.3 is 5.11 Å². The van der Waals surface area contributed by atoms with E-state index in [2.05, 4.69) is 5.10 Å². The average Bonchev–Trinajstić information content (AvgIpc) is 2.92. The van der Waals surface area contributed by atoms with E-state index < -0.39 is 54.2 Å². The molecule has 0 spiro atoms. The van der Waals surface area contributed by atoms with Crippen LogP contribution in [0.2, 0.25) is 0 Å². The number of alkyl halides is 11. The van der Waals surface area contributed by atoms with Crippen LogP contribution in [0.5, 0.6) is 0 Å². The number of nitrogens with zero attached hydrogens (tertiary/aromatic N) is 1. The number of hydrogen-bond donors (Lipinski definition) is 2. The molecule has 14 heteroatoms. The fourth-order valence-corrected chi connectivity index (χ4v) is 1.77. The van der Waals surface area contributed by atoms with Crippen LogP contribution in [0.3, 0.4) is 0 Å². The van der Waals surface area contributed by atoms with E-state index in [9.17, 15) is 48.3 Å². The molecule has 146 valence electrons. The van der Waals surface area contributed by atoms with Gasteiger partial charge >= 0.3 is 29.9 Å². The molecule has 0 aromatic carbocycles. The Morgan fingerprint density at radius 2 is 1.36 bits per heavy atom. The zero-order valence-electron chi connectivity index (χ0n) is 11.8. The van der Waals surface area contributed by atoms with Gasteiger partial charge in [-0.15, -0.1) is 0 Å². The van der Waals surface area contributed by atoms with Crippen molar-refractivity contribution in [1.29, 1.82) is 0 Å². The van der Waals surface area contributed by atoms with Crippen molar-refractivity contribution in [2.75, 3.05) is 6.61 Å². The van der Waals surface area contributed by atoms with E-state index in [0.717, 1.165) is 0 Å². The van der Waals surface area contributed by atoms with Gasteiger partial charge in [-0.1, -0.05) is 0 Å². The summed E-state index contributed by atoms with van der Waals surface area (Å²) in [4.78, 5) is 0. The summed E-state index contributed by atoms with van der Waals surface area (Å²) in [6.45, 7) is -0.630. The molecule has 0 fully saturated rings. The van der Waals surface area contributed by atoms with Gasteiger partial charge in [0.1, 0.15) is 5.69 Å². The summed E-state index contributed by atoms with van der Waals surface area (Å²) in [6, 6.07) is 0. The number of nitrogens with one attached hydrogen (secondary N) is 1. The van der Waals surface area contributed by atoms with Crippen LogP contribution < -0.4 is 0 Å². The molecule has 0 unspecified atom stereocenters. The molecule has 0 radical (unpaired) electrons. The van der Waals surface area contributed by atoms with Crippen molar-refractivity contribution >= 4 is 0 Å². The third kappa shape index (κ3) is 3.15. The molecule has 0 saturated heterocycles. The van der Waals surface area contributed by atoms with Crippen molar-refractivity contribution in [2.45, 2.75) is 42.7 Å². The molecule has 2 N–H and O–H groups in total. The van der Waals surface area contributed by atoms with Crippen LogP contribution in [0.1, 0.15) is 17.7 Å². The lowest BCUT2D eigenvalue weighted by atomic mass is 9.93. The van der Waals surface area contributed by atoms with Gasteiger partial charge in [-0.05, 0) is 18.4 Å². The molecule has 0 atom stereocenters. The van der Waals surface area contributed by atoms with Gasteiger partial charge in [0, 0.05) is 6.61 Å². The second-order valence-corrected chi connectivity index (χ2v) is 4.89. The number of aliphatic hydroxyl groups is 1. The third-order valence-corrected chi connectivity index (χ3v) is 3.18. The summed E-state index contributed by atoms with van der Waals surface area (Å²) in [5.74, 6) is -28.2. The van der Waals surface area contributed by atoms with Crippen LogP contribution in [0.15, 0.2) is 6.20 Å². The molecule has 3 nitrogen and oxygen atoms in total. The zero-order chi connectivity index (χ0) is 19.9. The molecular formula is C11H9F11N2O. The summed E-state index contributed by atoms with van der Waals surface area (Å²) >= 11 is 0. The second kappa shape index (κ2) is 6.29. The van der Waals surface area contributed by atoms with Crippen molar-refractivity contribution in [3.05, 3.63) is 17.5 Å². The normalized spacial score (nSPS) is 14.9. The number of aromatic amines is 1. The van der Waals surface area contributed by atoms with E-state index >= 15 is 0 Å². The minimum absolute atomic E-state index is 0.316. The fourth-order valence-electron chi connectivity index (χ4n) is 1.77. The smallest absolute Gasteiger partial charge is 0.396 e. The van der Waals surface area contributed by atoms with Crippen molar-refractivity contribution in [3.63, 3.8) is 0 Å². The monoisotopic (exact) mass is 394 g/mol. The number of aromatic nitrogens is 2. The summed E-state index contributed by atoms with van der Waals surface area (Å²) in [7, 11) is 0. The molecular weight excluding hydrogens is 385 g/mol. The van der Waals surface area contributed by atoms with Crippen molar-refractivity contribution in [3.8, 4) is 0 Å². The van der Waals surface area contributed by atoms with Gasteiger partial charge in [0.2, 0.25) is 0 Å². The minimum Gasteiger partial charge on any atom is -0.396 e. The Balaban J connectivity index is 3.42. The molecule has 1 aromatic rings. The quantitative estimate of drug-likeness (QED) is 0.690. The topological polar surface area (TPSA) is 48.9 Å². The van der Waals surface area contributed by atoms with Crippen molar-refractivity contribution < 1.29 is 53.4 Å². The maximum atomic E-state index is 13.8. The van der Waals surface area contributed by atoms with Crippen LogP contribution in [0.4, 0.5) is 48.3 Å². The summed E-state index contributed by atoms with van der Waals surface area (Å²) < 4.78 is 142. The highest BCUT2D eigenvalue weighted by molar-refractivity contribution is 5.26. The Kier molecular flexibility index (Phi) is 5.39. The molecule has 25 heavy (non-hydrogen) atoms. The number of H-pyrrole nitrogens is 1. The number of halogens is 11.